The molecule has 126 valence electrons. The number of fused-ring (bicyclic) bond motifs is 1. The maximum absolute atomic E-state index is 12.1. The van der Waals surface area contributed by atoms with E-state index in [2.05, 4.69) is 10.4 Å². The third-order valence-corrected chi connectivity index (χ3v) is 3.76. The van der Waals surface area contributed by atoms with Crippen LogP contribution in [0.4, 0.5) is 0 Å². The number of nitrogens with zero attached hydrogens (tertiary/aromatic N) is 2. The van der Waals surface area contributed by atoms with Crippen molar-refractivity contribution in [2.24, 2.45) is 0 Å². The molecule has 3 rings (SSSR count). The van der Waals surface area contributed by atoms with E-state index in [1.165, 1.54) is 6.08 Å². The standard InChI is InChI=1S/C18H21N3O3/c1-12-8-14(3)21(20-12)10-13(2)19-18(22)7-5-15-4-6-16-17(9-15)24-11-23-16/h4-9,13H,10-11H2,1-3H3,(H,19,22). The third-order valence-electron chi connectivity index (χ3n) is 3.76. The largest absolute Gasteiger partial charge is 0.454 e. The Labute approximate surface area is 141 Å². The number of carbonyl (C=O) groups excluding carboxylic acids is 1. The summed E-state index contributed by atoms with van der Waals surface area (Å²) in [7, 11) is 0. The summed E-state index contributed by atoms with van der Waals surface area (Å²) in [5.74, 6) is 1.30. The summed E-state index contributed by atoms with van der Waals surface area (Å²) in [5, 5.41) is 7.35. The number of nitrogens with one attached hydrogen (secondary N) is 1. The highest BCUT2D eigenvalue weighted by Crippen LogP contribution is 2.32. The first-order chi connectivity index (χ1) is 11.5. The number of carbonyl (C=O) groups is 1. The van der Waals surface area contributed by atoms with E-state index in [1.54, 1.807) is 6.08 Å². The van der Waals surface area contributed by atoms with Gasteiger partial charge in [0.1, 0.15) is 0 Å². The molecule has 0 radical (unpaired) electrons. The number of rotatable bonds is 5. The fourth-order valence-electron chi connectivity index (χ4n) is 2.64. The van der Waals surface area contributed by atoms with Gasteiger partial charge in [-0.2, -0.15) is 5.10 Å². The second-order valence-electron chi connectivity index (χ2n) is 5.96. The zero-order valence-corrected chi connectivity index (χ0v) is 14.1. The normalized spacial score (nSPS) is 14.1. The maximum atomic E-state index is 12.1. The number of hydrogen-bond donors (Lipinski definition) is 1. The lowest BCUT2D eigenvalue weighted by molar-refractivity contribution is -0.117. The molecular weight excluding hydrogens is 306 g/mol. The molecule has 1 unspecified atom stereocenters. The summed E-state index contributed by atoms with van der Waals surface area (Å²) < 4.78 is 12.5. The Morgan fingerprint density at radius 3 is 2.88 bits per heavy atom. The topological polar surface area (TPSA) is 65.4 Å². The van der Waals surface area contributed by atoms with E-state index in [4.69, 9.17) is 9.47 Å². The second-order valence-corrected chi connectivity index (χ2v) is 5.96. The molecule has 24 heavy (non-hydrogen) atoms. The number of hydrogen-bond acceptors (Lipinski definition) is 4. The molecular formula is C18H21N3O3. The van der Waals surface area contributed by atoms with Crippen LogP contribution in [0.5, 0.6) is 11.5 Å². The smallest absolute Gasteiger partial charge is 0.244 e. The van der Waals surface area contributed by atoms with Crippen LogP contribution in [0.1, 0.15) is 23.9 Å². The second kappa shape index (κ2) is 6.78. The van der Waals surface area contributed by atoms with Crippen LogP contribution >= 0.6 is 0 Å². The minimum atomic E-state index is -0.137. The van der Waals surface area contributed by atoms with Crippen molar-refractivity contribution in [3.05, 3.63) is 47.3 Å². The zero-order valence-electron chi connectivity index (χ0n) is 14.1. The number of aryl methyl sites for hydroxylation is 2. The molecule has 1 aromatic heterocycles. The van der Waals surface area contributed by atoms with E-state index in [-0.39, 0.29) is 18.7 Å². The first-order valence-corrected chi connectivity index (χ1v) is 7.90. The van der Waals surface area contributed by atoms with Gasteiger partial charge >= 0.3 is 0 Å². The van der Waals surface area contributed by atoms with E-state index >= 15 is 0 Å². The molecule has 1 aliphatic rings. The van der Waals surface area contributed by atoms with Crippen molar-refractivity contribution >= 4 is 12.0 Å². The quantitative estimate of drug-likeness (QED) is 0.857. The molecule has 0 bridgehead atoms. The lowest BCUT2D eigenvalue weighted by Crippen LogP contribution is -2.35. The van der Waals surface area contributed by atoms with E-state index in [0.29, 0.717) is 12.3 Å². The van der Waals surface area contributed by atoms with Gasteiger partial charge in [0.05, 0.1) is 12.2 Å². The van der Waals surface area contributed by atoms with Crippen LogP contribution < -0.4 is 14.8 Å². The Bertz CT molecular complexity index is 780. The van der Waals surface area contributed by atoms with Crippen LogP contribution in [0.3, 0.4) is 0 Å². The summed E-state index contributed by atoms with van der Waals surface area (Å²) in [6.45, 7) is 6.81. The van der Waals surface area contributed by atoms with Crippen molar-refractivity contribution < 1.29 is 14.3 Å². The molecule has 2 aromatic rings. The van der Waals surface area contributed by atoms with Crippen molar-refractivity contribution in [1.29, 1.82) is 0 Å². The van der Waals surface area contributed by atoms with Gasteiger partial charge in [0.25, 0.3) is 0 Å². The molecule has 1 atom stereocenters. The van der Waals surface area contributed by atoms with E-state index < -0.39 is 0 Å². The third kappa shape index (κ3) is 3.76. The van der Waals surface area contributed by atoms with Gasteiger partial charge in [0.2, 0.25) is 12.7 Å². The summed E-state index contributed by atoms with van der Waals surface area (Å²) in [6.07, 6.45) is 3.28. The van der Waals surface area contributed by atoms with Crippen molar-refractivity contribution in [2.75, 3.05) is 6.79 Å². The van der Waals surface area contributed by atoms with Gasteiger partial charge in [0.15, 0.2) is 11.5 Å². The average molecular weight is 327 g/mol. The van der Waals surface area contributed by atoms with Gasteiger partial charge in [-0.05, 0) is 50.6 Å². The predicted molar refractivity (Wildman–Crippen MR) is 90.9 cm³/mol. The van der Waals surface area contributed by atoms with Crippen molar-refractivity contribution in [3.8, 4) is 11.5 Å². The minimum absolute atomic E-state index is 0.0168. The molecule has 2 heterocycles. The summed E-state index contributed by atoms with van der Waals surface area (Å²) in [5.41, 5.74) is 2.96. The van der Waals surface area contributed by atoms with E-state index in [1.807, 2.05) is 49.7 Å². The summed E-state index contributed by atoms with van der Waals surface area (Å²) in [4.78, 5) is 12.1. The van der Waals surface area contributed by atoms with Crippen LogP contribution in [-0.2, 0) is 11.3 Å². The van der Waals surface area contributed by atoms with Gasteiger partial charge in [-0.25, -0.2) is 0 Å². The summed E-state index contributed by atoms with van der Waals surface area (Å²) >= 11 is 0. The average Bonchev–Trinajstić information content (AvgIpc) is 3.11. The summed E-state index contributed by atoms with van der Waals surface area (Å²) in [6, 6.07) is 7.58. The van der Waals surface area contributed by atoms with E-state index in [9.17, 15) is 4.79 Å². The first-order valence-electron chi connectivity index (χ1n) is 7.90. The van der Waals surface area contributed by atoms with Gasteiger partial charge in [-0.3, -0.25) is 9.48 Å². The van der Waals surface area contributed by atoms with E-state index in [0.717, 1.165) is 22.7 Å². The monoisotopic (exact) mass is 327 g/mol. The minimum Gasteiger partial charge on any atom is -0.454 e. The van der Waals surface area contributed by atoms with Crippen molar-refractivity contribution in [2.45, 2.75) is 33.4 Å². The van der Waals surface area contributed by atoms with Crippen LogP contribution in [0.15, 0.2) is 30.3 Å². The number of benzene rings is 1. The molecule has 1 N–H and O–H groups in total. The van der Waals surface area contributed by atoms with Crippen LogP contribution in [0.25, 0.3) is 6.08 Å². The fraction of sp³-hybridized carbons (Fsp3) is 0.333. The Kier molecular flexibility index (Phi) is 4.55. The molecule has 6 nitrogen and oxygen atoms in total. The predicted octanol–water partition coefficient (Wildman–Crippen LogP) is 2.45. The maximum Gasteiger partial charge on any atom is 0.244 e. The molecule has 0 spiro atoms. The molecule has 1 aromatic carbocycles. The SMILES string of the molecule is Cc1cc(C)n(CC(C)NC(=O)C=Cc2ccc3c(c2)OCO3)n1. The van der Waals surface area contributed by atoms with Crippen molar-refractivity contribution in [1.82, 2.24) is 15.1 Å². The molecule has 0 saturated carbocycles. The number of amides is 1. The highest BCUT2D eigenvalue weighted by atomic mass is 16.7. The Morgan fingerprint density at radius 2 is 2.12 bits per heavy atom. The van der Waals surface area contributed by atoms with Crippen LogP contribution in [0, 0.1) is 13.8 Å². The number of ether oxygens (including phenoxy) is 2. The van der Waals surface area contributed by atoms with Crippen molar-refractivity contribution in [3.63, 3.8) is 0 Å². The molecule has 0 aliphatic carbocycles. The van der Waals surface area contributed by atoms with Gasteiger partial charge in [-0.15, -0.1) is 0 Å². The molecule has 0 saturated heterocycles. The lowest BCUT2D eigenvalue weighted by Gasteiger charge is -2.13. The first kappa shape index (κ1) is 16.1. The molecule has 0 fully saturated rings. The van der Waals surface area contributed by atoms with Gasteiger partial charge < -0.3 is 14.8 Å². The number of aromatic nitrogens is 2. The fourth-order valence-corrected chi connectivity index (χ4v) is 2.64. The van der Waals surface area contributed by atoms with Gasteiger partial charge in [0, 0.05) is 17.8 Å². The highest BCUT2D eigenvalue weighted by Gasteiger charge is 2.12. The molecule has 1 amide bonds. The Balaban J connectivity index is 1.55. The highest BCUT2D eigenvalue weighted by molar-refractivity contribution is 5.92. The van der Waals surface area contributed by atoms with Crippen LogP contribution in [0.2, 0.25) is 0 Å². The van der Waals surface area contributed by atoms with Crippen LogP contribution in [-0.4, -0.2) is 28.5 Å². The Hall–Kier alpha value is -2.76. The molecule has 6 heteroatoms. The van der Waals surface area contributed by atoms with Gasteiger partial charge in [-0.1, -0.05) is 6.07 Å². The Morgan fingerprint density at radius 1 is 1.33 bits per heavy atom. The zero-order chi connectivity index (χ0) is 17.1. The lowest BCUT2D eigenvalue weighted by atomic mass is 10.2. The molecule has 1 aliphatic heterocycles.